The molecule has 0 aliphatic carbocycles. The van der Waals surface area contributed by atoms with Gasteiger partial charge in [-0.2, -0.15) is 57.1 Å². The standard InChI is InChI=1S/C14H20F13NSi/c1-5-28(6-2)29(3,4)8-7-9(15,16)10(17,18)11(19,20)12(21,22)13(23,24)14(25,26)27/h5-8H2,1-4H3. The summed E-state index contributed by atoms with van der Waals surface area (Å²) in [7, 11) is -2.93. The molecule has 15 heteroatoms. The molecule has 0 N–H and O–H groups in total. The zero-order valence-electron chi connectivity index (χ0n) is 15.7. The molecule has 0 aromatic rings. The Labute approximate surface area is 159 Å². The lowest BCUT2D eigenvalue weighted by atomic mass is 9.93. The quantitative estimate of drug-likeness (QED) is 0.251. The molecular weight excluding hydrogens is 457 g/mol. The van der Waals surface area contributed by atoms with Gasteiger partial charge >= 0.3 is 35.8 Å². The van der Waals surface area contributed by atoms with Crippen LogP contribution in [0.15, 0.2) is 0 Å². The third-order valence-corrected chi connectivity index (χ3v) is 8.49. The molecule has 0 aliphatic heterocycles. The Bertz CT molecular complexity index is 552. The van der Waals surface area contributed by atoms with Gasteiger partial charge in [0, 0.05) is 6.42 Å². The van der Waals surface area contributed by atoms with Crippen molar-refractivity contribution in [1.29, 1.82) is 0 Å². The van der Waals surface area contributed by atoms with Crippen molar-refractivity contribution in [2.75, 3.05) is 13.1 Å². The zero-order chi connectivity index (χ0) is 23.9. The number of halogens is 13. The molecule has 0 fully saturated rings. The van der Waals surface area contributed by atoms with Crippen LogP contribution >= 0.6 is 0 Å². The summed E-state index contributed by atoms with van der Waals surface area (Å²) in [5.41, 5.74) is 0. The molecule has 0 spiro atoms. The summed E-state index contributed by atoms with van der Waals surface area (Å²) in [4.78, 5) is 0. The number of nitrogens with zero attached hydrogens (tertiary/aromatic N) is 1. The lowest BCUT2D eigenvalue weighted by Crippen LogP contribution is -2.70. The van der Waals surface area contributed by atoms with E-state index in [1.54, 1.807) is 18.4 Å². The smallest absolute Gasteiger partial charge is 0.324 e. The first-order valence-electron chi connectivity index (χ1n) is 8.18. The maximum atomic E-state index is 13.8. The van der Waals surface area contributed by atoms with Crippen LogP contribution in [0, 0.1) is 0 Å². The van der Waals surface area contributed by atoms with Crippen LogP contribution < -0.4 is 0 Å². The summed E-state index contributed by atoms with van der Waals surface area (Å²) in [6, 6.07) is -0.839. The highest BCUT2D eigenvalue weighted by molar-refractivity contribution is 6.74. The molecule has 0 rings (SSSR count). The van der Waals surface area contributed by atoms with Crippen LogP contribution in [0.4, 0.5) is 57.1 Å². The van der Waals surface area contributed by atoms with Crippen LogP contribution in [0.5, 0.6) is 0 Å². The molecule has 0 saturated heterocycles. The van der Waals surface area contributed by atoms with E-state index in [1.807, 2.05) is 0 Å². The van der Waals surface area contributed by atoms with E-state index in [2.05, 4.69) is 0 Å². The second-order valence-corrected chi connectivity index (χ2v) is 11.7. The molecule has 1 nitrogen and oxygen atoms in total. The summed E-state index contributed by atoms with van der Waals surface area (Å²) in [5.74, 6) is -36.4. The van der Waals surface area contributed by atoms with Gasteiger partial charge in [0.05, 0.1) is 0 Å². The molecule has 29 heavy (non-hydrogen) atoms. The molecule has 0 unspecified atom stereocenters. The zero-order valence-corrected chi connectivity index (χ0v) is 16.7. The largest absolute Gasteiger partial charge is 0.460 e. The van der Waals surface area contributed by atoms with E-state index in [9.17, 15) is 57.1 Å². The lowest BCUT2D eigenvalue weighted by Gasteiger charge is -2.41. The number of rotatable bonds is 10. The average Bonchev–Trinajstić information content (AvgIpc) is 2.52. The van der Waals surface area contributed by atoms with Crippen molar-refractivity contribution in [3.63, 3.8) is 0 Å². The Hall–Kier alpha value is -0.733. The van der Waals surface area contributed by atoms with Gasteiger partial charge in [-0.3, -0.25) is 0 Å². The fourth-order valence-electron chi connectivity index (χ4n) is 2.66. The Balaban J connectivity index is 6.00. The monoisotopic (exact) mass is 477 g/mol. The lowest BCUT2D eigenvalue weighted by molar-refractivity contribution is -0.439. The maximum absolute atomic E-state index is 13.8. The number of hydrogen-bond donors (Lipinski definition) is 0. The van der Waals surface area contributed by atoms with Gasteiger partial charge in [0.1, 0.15) is 8.24 Å². The van der Waals surface area contributed by atoms with E-state index >= 15 is 0 Å². The van der Waals surface area contributed by atoms with Gasteiger partial charge in [-0.15, -0.1) is 0 Å². The number of alkyl halides is 13. The van der Waals surface area contributed by atoms with Crippen molar-refractivity contribution < 1.29 is 57.1 Å². The molecule has 0 amide bonds. The van der Waals surface area contributed by atoms with E-state index in [0.29, 0.717) is 0 Å². The summed E-state index contributed by atoms with van der Waals surface area (Å²) in [5, 5.41) is 0. The van der Waals surface area contributed by atoms with Gasteiger partial charge in [0.25, 0.3) is 0 Å². The molecule has 0 aromatic carbocycles. The first-order valence-corrected chi connectivity index (χ1v) is 11.3. The molecule has 0 atom stereocenters. The van der Waals surface area contributed by atoms with Gasteiger partial charge in [0.2, 0.25) is 0 Å². The van der Waals surface area contributed by atoms with Crippen molar-refractivity contribution in [2.45, 2.75) is 75.2 Å². The Morgan fingerprint density at radius 3 is 1.24 bits per heavy atom. The van der Waals surface area contributed by atoms with E-state index in [-0.39, 0.29) is 13.1 Å². The summed E-state index contributed by atoms with van der Waals surface area (Å²) in [6.45, 7) is 6.48. The van der Waals surface area contributed by atoms with Gasteiger partial charge in [-0.05, 0) is 19.1 Å². The van der Waals surface area contributed by atoms with Gasteiger partial charge in [-0.25, -0.2) is 0 Å². The highest BCUT2D eigenvalue weighted by Crippen LogP contribution is 2.60. The van der Waals surface area contributed by atoms with Gasteiger partial charge in [-0.1, -0.05) is 26.9 Å². The van der Waals surface area contributed by atoms with Crippen molar-refractivity contribution in [2.24, 2.45) is 0 Å². The van der Waals surface area contributed by atoms with Crippen LogP contribution in [0.25, 0.3) is 0 Å². The molecule has 0 radical (unpaired) electrons. The maximum Gasteiger partial charge on any atom is 0.460 e. The van der Waals surface area contributed by atoms with Crippen molar-refractivity contribution in [3.05, 3.63) is 0 Å². The Morgan fingerprint density at radius 2 is 0.931 bits per heavy atom. The van der Waals surface area contributed by atoms with Crippen molar-refractivity contribution in [3.8, 4) is 0 Å². The Kier molecular flexibility index (Phi) is 7.87. The fourth-order valence-corrected chi connectivity index (χ4v) is 5.61. The average molecular weight is 477 g/mol. The molecular formula is C14H20F13NSi. The molecule has 0 bridgehead atoms. The first kappa shape index (κ1) is 28.3. The third-order valence-electron chi connectivity index (χ3n) is 4.67. The fraction of sp³-hybridized carbons (Fsp3) is 1.00. The predicted octanol–water partition coefficient (Wildman–Crippen LogP) is 6.66. The minimum absolute atomic E-state index is 0.268. The first-order chi connectivity index (χ1) is 12.5. The predicted molar refractivity (Wildman–Crippen MR) is 80.6 cm³/mol. The van der Waals surface area contributed by atoms with Crippen LogP contribution in [-0.4, -0.2) is 61.7 Å². The topological polar surface area (TPSA) is 3.24 Å². The minimum atomic E-state index is -7.84. The summed E-state index contributed by atoms with van der Waals surface area (Å²) >= 11 is 0. The van der Waals surface area contributed by atoms with Crippen LogP contribution in [0.3, 0.4) is 0 Å². The second-order valence-electron chi connectivity index (χ2n) is 6.98. The normalized spacial score (nSPS) is 15.9. The van der Waals surface area contributed by atoms with Crippen molar-refractivity contribution in [1.82, 2.24) is 4.57 Å². The van der Waals surface area contributed by atoms with Gasteiger partial charge in [0.15, 0.2) is 0 Å². The Morgan fingerprint density at radius 1 is 0.586 bits per heavy atom. The number of hydrogen-bond acceptors (Lipinski definition) is 1. The third kappa shape index (κ3) is 4.64. The molecule has 0 aromatic heterocycles. The van der Waals surface area contributed by atoms with Gasteiger partial charge < -0.3 is 4.57 Å². The molecule has 0 aliphatic rings. The SMILES string of the molecule is CCN(CC)[Si](C)(C)CCC(F)(F)C(F)(F)C(F)(F)C(F)(F)C(F)(F)C(F)(F)F. The van der Waals surface area contributed by atoms with Crippen LogP contribution in [-0.2, 0) is 0 Å². The van der Waals surface area contributed by atoms with E-state index in [4.69, 9.17) is 0 Å². The van der Waals surface area contributed by atoms with Crippen molar-refractivity contribution >= 4 is 8.24 Å². The highest BCUT2D eigenvalue weighted by Gasteiger charge is 2.90. The molecule has 0 saturated carbocycles. The second kappa shape index (κ2) is 8.08. The molecule has 0 heterocycles. The minimum Gasteiger partial charge on any atom is -0.324 e. The summed E-state index contributed by atoms with van der Waals surface area (Å²) in [6.07, 6.45) is -9.50. The van der Waals surface area contributed by atoms with E-state index in [0.717, 1.165) is 0 Å². The highest BCUT2D eigenvalue weighted by atomic mass is 28.3. The van der Waals surface area contributed by atoms with E-state index in [1.165, 1.54) is 13.1 Å². The van der Waals surface area contributed by atoms with E-state index < -0.39 is 56.5 Å². The van der Waals surface area contributed by atoms with Crippen LogP contribution in [0.2, 0.25) is 19.1 Å². The van der Waals surface area contributed by atoms with Crippen LogP contribution in [0.1, 0.15) is 20.3 Å². The summed E-state index contributed by atoms with van der Waals surface area (Å²) < 4.78 is 171. The molecule has 176 valence electrons.